The van der Waals surface area contributed by atoms with Gasteiger partial charge in [0.2, 0.25) is 0 Å². The lowest BCUT2D eigenvalue weighted by Crippen LogP contribution is -2.19. The predicted molar refractivity (Wildman–Crippen MR) is 47.2 cm³/mol. The van der Waals surface area contributed by atoms with E-state index in [4.69, 9.17) is 10.5 Å². The molecule has 0 aliphatic rings. The summed E-state index contributed by atoms with van der Waals surface area (Å²) >= 11 is 0. The van der Waals surface area contributed by atoms with E-state index in [1.54, 1.807) is 12.1 Å². The molecule has 82 valence electrons. The molecule has 0 heterocycles. The van der Waals surface area contributed by atoms with E-state index in [0.29, 0.717) is 0 Å². The van der Waals surface area contributed by atoms with E-state index < -0.39 is 12.1 Å². The van der Waals surface area contributed by atoms with E-state index in [9.17, 15) is 13.2 Å². The van der Waals surface area contributed by atoms with E-state index in [1.165, 1.54) is 18.2 Å². The third-order valence-electron chi connectivity index (χ3n) is 1.70. The molecule has 0 radical (unpaired) electrons. The molecule has 0 N–H and O–H groups in total. The number of ether oxygens (including phenoxy) is 1. The van der Waals surface area contributed by atoms with Gasteiger partial charge < -0.3 is 4.74 Å². The normalized spacial score (nSPS) is 10.3. The summed E-state index contributed by atoms with van der Waals surface area (Å²) < 4.78 is 39.9. The van der Waals surface area contributed by atoms with Crippen LogP contribution in [0.25, 0.3) is 0 Å². The van der Waals surface area contributed by atoms with Crippen molar-refractivity contribution in [3.05, 3.63) is 29.3 Å². The first-order valence-corrected chi connectivity index (χ1v) is 4.12. The summed E-state index contributed by atoms with van der Waals surface area (Å²) in [6.45, 7) is 0. The van der Waals surface area contributed by atoms with Crippen LogP contribution in [0.5, 0.6) is 5.75 Å². The summed E-state index contributed by atoms with van der Waals surface area (Å²) in [5.74, 6) is -0.598. The van der Waals surface area contributed by atoms with Gasteiger partial charge >= 0.3 is 6.36 Å². The van der Waals surface area contributed by atoms with Gasteiger partial charge in [0.15, 0.2) is 5.75 Å². The molecule has 1 rings (SSSR count). The van der Waals surface area contributed by atoms with Crippen molar-refractivity contribution in [1.29, 1.82) is 10.5 Å². The predicted octanol–water partition coefficient (Wildman–Crippen LogP) is 2.52. The number of hydrogen-bond donors (Lipinski definition) is 0. The number of halogens is 3. The third-order valence-corrected chi connectivity index (χ3v) is 1.70. The standard InChI is InChI=1S/C10H5F3N2O/c11-10(12,13)16-9-7(4-5-14)2-1-3-8(9)6-15/h1-3H,4H2. The van der Waals surface area contributed by atoms with E-state index in [2.05, 4.69) is 4.74 Å². The highest BCUT2D eigenvalue weighted by atomic mass is 19.4. The summed E-state index contributed by atoms with van der Waals surface area (Å²) in [6, 6.07) is 7.19. The molecular weight excluding hydrogens is 221 g/mol. The van der Waals surface area contributed by atoms with E-state index in [1.807, 2.05) is 0 Å². The number of rotatable bonds is 2. The minimum Gasteiger partial charge on any atom is -0.404 e. The smallest absolute Gasteiger partial charge is 0.404 e. The fourth-order valence-corrected chi connectivity index (χ4v) is 1.13. The Hall–Kier alpha value is -2.21. The molecule has 0 aliphatic carbocycles. The molecule has 1 aromatic rings. The van der Waals surface area contributed by atoms with Crippen LogP contribution in [-0.2, 0) is 6.42 Å². The molecule has 6 heteroatoms. The molecule has 0 unspecified atom stereocenters. The lowest BCUT2D eigenvalue weighted by atomic mass is 10.1. The molecule has 0 aliphatic heterocycles. The van der Waals surface area contributed by atoms with Crippen molar-refractivity contribution in [1.82, 2.24) is 0 Å². The van der Waals surface area contributed by atoms with Gasteiger partial charge in [-0.1, -0.05) is 12.1 Å². The Balaban J connectivity index is 3.22. The number of hydrogen-bond acceptors (Lipinski definition) is 3. The maximum absolute atomic E-state index is 12.1. The Kier molecular flexibility index (Phi) is 3.37. The topological polar surface area (TPSA) is 56.8 Å². The highest BCUT2D eigenvalue weighted by Crippen LogP contribution is 2.29. The summed E-state index contributed by atoms with van der Waals surface area (Å²) in [5.41, 5.74) is -0.205. The van der Waals surface area contributed by atoms with Gasteiger partial charge in [-0.25, -0.2) is 0 Å². The second-order valence-electron chi connectivity index (χ2n) is 2.79. The first kappa shape index (κ1) is 11.9. The van der Waals surface area contributed by atoms with Gasteiger partial charge in [-0.05, 0) is 6.07 Å². The Morgan fingerprint density at radius 3 is 2.44 bits per heavy atom. The Labute approximate surface area is 89.3 Å². The number of nitriles is 2. The average molecular weight is 226 g/mol. The maximum atomic E-state index is 12.1. The molecule has 0 fully saturated rings. The quantitative estimate of drug-likeness (QED) is 0.778. The van der Waals surface area contributed by atoms with Gasteiger partial charge in [-0.3, -0.25) is 0 Å². The van der Waals surface area contributed by atoms with Crippen LogP contribution in [0, 0.1) is 22.7 Å². The lowest BCUT2D eigenvalue weighted by molar-refractivity contribution is -0.275. The average Bonchev–Trinajstić information content (AvgIpc) is 2.19. The van der Waals surface area contributed by atoms with Crippen LogP contribution in [0.4, 0.5) is 13.2 Å². The molecule has 16 heavy (non-hydrogen) atoms. The molecule has 1 aromatic carbocycles. The monoisotopic (exact) mass is 226 g/mol. The first-order valence-electron chi connectivity index (χ1n) is 4.12. The lowest BCUT2D eigenvalue weighted by Gasteiger charge is -2.12. The van der Waals surface area contributed by atoms with Crippen LogP contribution in [-0.4, -0.2) is 6.36 Å². The zero-order valence-electron chi connectivity index (χ0n) is 7.88. The molecule has 0 aromatic heterocycles. The van der Waals surface area contributed by atoms with Crippen LogP contribution < -0.4 is 4.74 Å². The van der Waals surface area contributed by atoms with Gasteiger partial charge in [-0.2, -0.15) is 10.5 Å². The van der Waals surface area contributed by atoms with Crippen molar-refractivity contribution in [2.45, 2.75) is 12.8 Å². The number of para-hydroxylation sites is 1. The Morgan fingerprint density at radius 1 is 1.25 bits per heavy atom. The molecular formula is C10H5F3N2O. The van der Waals surface area contributed by atoms with Gasteiger partial charge in [0.1, 0.15) is 6.07 Å². The summed E-state index contributed by atoms with van der Waals surface area (Å²) in [5, 5.41) is 17.1. The fraction of sp³-hybridized carbons (Fsp3) is 0.200. The zero-order chi connectivity index (χ0) is 12.2. The number of benzene rings is 1. The van der Waals surface area contributed by atoms with Crippen LogP contribution in [0.3, 0.4) is 0 Å². The second-order valence-corrected chi connectivity index (χ2v) is 2.79. The maximum Gasteiger partial charge on any atom is 0.573 e. The van der Waals surface area contributed by atoms with Crippen LogP contribution >= 0.6 is 0 Å². The molecule has 0 spiro atoms. The first-order chi connectivity index (χ1) is 7.48. The number of alkyl halides is 3. The van der Waals surface area contributed by atoms with Crippen LogP contribution in [0.15, 0.2) is 18.2 Å². The largest absolute Gasteiger partial charge is 0.573 e. The Bertz CT molecular complexity index is 468. The summed E-state index contributed by atoms with van der Waals surface area (Å²) in [4.78, 5) is 0. The highest BCUT2D eigenvalue weighted by molar-refractivity contribution is 5.49. The van der Waals surface area contributed by atoms with Gasteiger partial charge in [0.25, 0.3) is 0 Å². The van der Waals surface area contributed by atoms with Crippen molar-refractivity contribution in [2.24, 2.45) is 0 Å². The molecule has 0 amide bonds. The molecule has 0 saturated heterocycles. The van der Waals surface area contributed by atoms with Gasteiger partial charge in [0.05, 0.1) is 18.1 Å². The van der Waals surface area contributed by atoms with Crippen LogP contribution in [0.2, 0.25) is 0 Å². The van der Waals surface area contributed by atoms with E-state index in [-0.39, 0.29) is 17.5 Å². The zero-order valence-corrected chi connectivity index (χ0v) is 7.88. The highest BCUT2D eigenvalue weighted by Gasteiger charge is 2.33. The molecule has 0 bridgehead atoms. The van der Waals surface area contributed by atoms with Gasteiger partial charge in [0, 0.05) is 5.56 Å². The van der Waals surface area contributed by atoms with E-state index in [0.717, 1.165) is 0 Å². The molecule has 3 nitrogen and oxygen atoms in total. The van der Waals surface area contributed by atoms with Crippen molar-refractivity contribution >= 4 is 0 Å². The minimum absolute atomic E-state index is 0.0406. The summed E-state index contributed by atoms with van der Waals surface area (Å²) in [7, 11) is 0. The molecule has 0 atom stereocenters. The summed E-state index contributed by atoms with van der Waals surface area (Å²) in [6.07, 6.45) is -5.13. The third kappa shape index (κ3) is 2.89. The molecule has 0 saturated carbocycles. The van der Waals surface area contributed by atoms with Crippen molar-refractivity contribution in [3.8, 4) is 17.9 Å². The fourth-order valence-electron chi connectivity index (χ4n) is 1.13. The van der Waals surface area contributed by atoms with Gasteiger partial charge in [-0.15, -0.1) is 13.2 Å². The minimum atomic E-state index is -4.88. The van der Waals surface area contributed by atoms with Crippen molar-refractivity contribution in [3.63, 3.8) is 0 Å². The van der Waals surface area contributed by atoms with E-state index >= 15 is 0 Å². The second kappa shape index (κ2) is 4.54. The SMILES string of the molecule is N#CCc1cccc(C#N)c1OC(F)(F)F. The van der Waals surface area contributed by atoms with Crippen molar-refractivity contribution < 1.29 is 17.9 Å². The van der Waals surface area contributed by atoms with Crippen molar-refractivity contribution in [2.75, 3.05) is 0 Å². The van der Waals surface area contributed by atoms with Crippen LogP contribution in [0.1, 0.15) is 11.1 Å². The number of nitrogens with zero attached hydrogens (tertiary/aromatic N) is 2. The Morgan fingerprint density at radius 2 is 1.94 bits per heavy atom.